The minimum absolute atomic E-state index is 0.0494. The van der Waals surface area contributed by atoms with Gasteiger partial charge in [-0.2, -0.15) is 0 Å². The van der Waals surface area contributed by atoms with E-state index in [1.807, 2.05) is 0 Å². The molecular weight excluding hydrogens is 372 g/mol. The number of carbonyl (C=O) groups is 1. The van der Waals surface area contributed by atoms with Crippen molar-refractivity contribution in [2.75, 3.05) is 6.61 Å². The second-order valence-corrected chi connectivity index (χ2v) is 12.4. The van der Waals surface area contributed by atoms with E-state index < -0.39 is 0 Å². The van der Waals surface area contributed by atoms with Crippen molar-refractivity contribution in [3.05, 3.63) is 11.1 Å². The molecule has 4 aliphatic carbocycles. The van der Waals surface area contributed by atoms with Gasteiger partial charge < -0.3 is 9.47 Å². The highest BCUT2D eigenvalue weighted by molar-refractivity contribution is 5.99. The lowest BCUT2D eigenvalue weighted by Crippen LogP contribution is -2.50. The van der Waals surface area contributed by atoms with Crippen LogP contribution in [0.5, 0.6) is 0 Å². The Morgan fingerprint density at radius 2 is 1.87 bits per heavy atom. The maximum Gasteiger partial charge on any atom is 0.171 e. The second kappa shape index (κ2) is 6.44. The van der Waals surface area contributed by atoms with Crippen LogP contribution >= 0.6 is 0 Å². The lowest BCUT2D eigenvalue weighted by molar-refractivity contribution is -0.271. The number of hydrogen-bond donors (Lipinski definition) is 0. The maximum absolute atomic E-state index is 13.8. The quantitative estimate of drug-likeness (QED) is 0.485. The summed E-state index contributed by atoms with van der Waals surface area (Å²) in [6.07, 6.45) is 12.0. The molecule has 0 N–H and O–H groups in total. The lowest BCUT2D eigenvalue weighted by atomic mass is 9.50. The summed E-state index contributed by atoms with van der Waals surface area (Å²) < 4.78 is 13.2. The standard InChI is InChI=1S/C27H40O3/c1-16-10-12-27(29-15-16)17(2)23-22(30-27)13-20-19-9-8-18-7-5-6-11-25(18,3)24(19)21(28)14-26(20,23)4/h16-18,20,22-23H,5-15H2,1-4H3/t16?,17-,18?,20-,22-,23-,25-,26-,27+/m0/s1. The van der Waals surface area contributed by atoms with Crippen LogP contribution in [-0.4, -0.2) is 24.3 Å². The largest absolute Gasteiger partial charge is 0.349 e. The van der Waals surface area contributed by atoms with Gasteiger partial charge in [0, 0.05) is 24.3 Å². The second-order valence-electron chi connectivity index (χ2n) is 12.4. The number of allylic oxidation sites excluding steroid dienone is 2. The molecule has 4 fully saturated rings. The molecular formula is C27H40O3. The minimum Gasteiger partial charge on any atom is -0.349 e. The van der Waals surface area contributed by atoms with E-state index in [4.69, 9.17) is 9.47 Å². The molecule has 2 unspecified atom stereocenters. The predicted octanol–water partition coefficient (Wildman–Crippen LogP) is 6.07. The summed E-state index contributed by atoms with van der Waals surface area (Å²) in [6.45, 7) is 10.3. The minimum atomic E-state index is -0.388. The average Bonchev–Trinajstić information content (AvgIpc) is 3.14. The fourth-order valence-corrected chi connectivity index (χ4v) is 9.38. The molecule has 9 atom stereocenters. The third kappa shape index (κ3) is 2.43. The van der Waals surface area contributed by atoms with E-state index in [2.05, 4.69) is 27.7 Å². The van der Waals surface area contributed by atoms with Crippen LogP contribution in [0.4, 0.5) is 0 Å². The van der Waals surface area contributed by atoms with Crippen molar-refractivity contribution in [3.63, 3.8) is 0 Å². The van der Waals surface area contributed by atoms with E-state index in [0.717, 1.165) is 38.2 Å². The van der Waals surface area contributed by atoms with Gasteiger partial charge >= 0.3 is 0 Å². The van der Waals surface area contributed by atoms with Crippen molar-refractivity contribution < 1.29 is 14.3 Å². The number of rotatable bonds is 0. The molecule has 0 aromatic rings. The topological polar surface area (TPSA) is 35.5 Å². The van der Waals surface area contributed by atoms with Gasteiger partial charge in [0.15, 0.2) is 11.6 Å². The molecule has 6 rings (SSSR count). The molecule has 3 nitrogen and oxygen atoms in total. The van der Waals surface area contributed by atoms with Gasteiger partial charge in [0.2, 0.25) is 0 Å². The van der Waals surface area contributed by atoms with Crippen LogP contribution in [0.2, 0.25) is 0 Å². The first-order valence-electron chi connectivity index (χ1n) is 12.9. The smallest absolute Gasteiger partial charge is 0.171 e. The molecule has 6 aliphatic rings. The number of Topliss-reactive ketones (excluding diaryl/α,β-unsaturated/α-hetero) is 1. The summed E-state index contributed by atoms with van der Waals surface area (Å²) in [5, 5.41) is 0. The van der Waals surface area contributed by atoms with Crippen molar-refractivity contribution in [2.24, 2.45) is 40.4 Å². The van der Waals surface area contributed by atoms with Gasteiger partial charge in [-0.15, -0.1) is 0 Å². The molecule has 30 heavy (non-hydrogen) atoms. The van der Waals surface area contributed by atoms with Gasteiger partial charge in [-0.05, 0) is 73.0 Å². The first kappa shape index (κ1) is 20.0. The zero-order valence-electron chi connectivity index (χ0n) is 19.5. The van der Waals surface area contributed by atoms with Crippen molar-refractivity contribution >= 4 is 5.78 Å². The van der Waals surface area contributed by atoms with Gasteiger partial charge in [0.1, 0.15) is 0 Å². The Balaban J connectivity index is 1.36. The highest BCUT2D eigenvalue weighted by atomic mass is 16.7. The Labute approximate surface area is 182 Å². The van der Waals surface area contributed by atoms with Gasteiger partial charge in [-0.3, -0.25) is 4.79 Å². The molecule has 0 aromatic carbocycles. The Kier molecular flexibility index (Phi) is 4.29. The molecule has 2 saturated carbocycles. The summed E-state index contributed by atoms with van der Waals surface area (Å²) in [6, 6.07) is 0. The Morgan fingerprint density at radius 1 is 1.03 bits per heavy atom. The first-order valence-corrected chi connectivity index (χ1v) is 12.9. The Hall–Kier alpha value is -0.670. The van der Waals surface area contributed by atoms with Crippen LogP contribution in [-0.2, 0) is 14.3 Å². The van der Waals surface area contributed by atoms with Crippen LogP contribution in [0.25, 0.3) is 0 Å². The van der Waals surface area contributed by atoms with Gasteiger partial charge in [0.05, 0.1) is 12.7 Å². The van der Waals surface area contributed by atoms with Gasteiger partial charge in [-0.1, -0.05) is 46.1 Å². The van der Waals surface area contributed by atoms with Crippen molar-refractivity contribution in [3.8, 4) is 0 Å². The lowest BCUT2D eigenvalue weighted by Gasteiger charge is -2.53. The van der Waals surface area contributed by atoms with E-state index in [1.165, 1.54) is 44.1 Å². The third-order valence-corrected chi connectivity index (χ3v) is 10.9. The molecule has 0 radical (unpaired) electrons. The van der Waals surface area contributed by atoms with E-state index in [9.17, 15) is 4.79 Å². The zero-order valence-corrected chi connectivity index (χ0v) is 19.5. The average molecular weight is 413 g/mol. The predicted molar refractivity (Wildman–Crippen MR) is 117 cm³/mol. The highest BCUT2D eigenvalue weighted by Crippen LogP contribution is 2.68. The molecule has 2 aliphatic heterocycles. The molecule has 1 spiro atoms. The van der Waals surface area contributed by atoms with E-state index >= 15 is 0 Å². The molecule has 2 saturated heterocycles. The van der Waals surface area contributed by atoms with Gasteiger partial charge in [0.25, 0.3) is 0 Å². The van der Waals surface area contributed by atoms with Gasteiger partial charge in [-0.25, -0.2) is 0 Å². The van der Waals surface area contributed by atoms with Crippen molar-refractivity contribution in [1.29, 1.82) is 0 Å². The van der Waals surface area contributed by atoms with Crippen LogP contribution in [0.15, 0.2) is 11.1 Å². The number of carbonyl (C=O) groups excluding carboxylic acids is 1. The van der Waals surface area contributed by atoms with Crippen LogP contribution < -0.4 is 0 Å². The first-order chi connectivity index (χ1) is 14.3. The molecule has 0 amide bonds. The molecule has 0 bridgehead atoms. The van der Waals surface area contributed by atoms with E-state index in [1.54, 1.807) is 5.57 Å². The number of hydrogen-bond acceptors (Lipinski definition) is 3. The van der Waals surface area contributed by atoms with E-state index in [0.29, 0.717) is 29.5 Å². The Morgan fingerprint density at radius 3 is 2.63 bits per heavy atom. The maximum atomic E-state index is 13.8. The van der Waals surface area contributed by atoms with Crippen molar-refractivity contribution in [1.82, 2.24) is 0 Å². The van der Waals surface area contributed by atoms with E-state index in [-0.39, 0.29) is 22.7 Å². The zero-order chi connectivity index (χ0) is 20.9. The normalized spacial score (nSPS) is 55.3. The summed E-state index contributed by atoms with van der Waals surface area (Å²) in [7, 11) is 0. The molecule has 0 aromatic heterocycles. The van der Waals surface area contributed by atoms with Crippen LogP contribution in [0, 0.1) is 40.4 Å². The number of ether oxygens (including phenoxy) is 2. The fraction of sp³-hybridized carbons (Fsp3) is 0.889. The summed E-state index contributed by atoms with van der Waals surface area (Å²) in [5.41, 5.74) is 3.06. The number of ketones is 1. The number of fused-ring (bicyclic) bond motifs is 6. The summed E-state index contributed by atoms with van der Waals surface area (Å²) in [5.74, 6) is 2.83. The van der Waals surface area contributed by atoms with Crippen molar-refractivity contribution in [2.45, 2.75) is 104 Å². The van der Waals surface area contributed by atoms with Crippen LogP contribution in [0.3, 0.4) is 0 Å². The summed E-state index contributed by atoms with van der Waals surface area (Å²) in [4.78, 5) is 13.8. The molecule has 2 heterocycles. The monoisotopic (exact) mass is 412 g/mol. The van der Waals surface area contributed by atoms with Crippen LogP contribution in [0.1, 0.15) is 91.9 Å². The Bertz CT molecular complexity index is 790. The molecule has 3 heteroatoms. The molecule has 166 valence electrons. The highest BCUT2D eigenvalue weighted by Gasteiger charge is 2.68. The fourth-order valence-electron chi connectivity index (χ4n) is 9.38. The summed E-state index contributed by atoms with van der Waals surface area (Å²) >= 11 is 0. The third-order valence-electron chi connectivity index (χ3n) is 10.9. The SMILES string of the molecule is CC1CC[C@@]2(OC1)O[C@H]1C[C@H]3C4=C(C(=O)C[C@]3(C)[C@H]1[C@@H]2C)[C@@]1(C)CCCCC1CC4.